The van der Waals surface area contributed by atoms with Crippen LogP contribution in [-0.2, 0) is 4.74 Å². The summed E-state index contributed by atoms with van der Waals surface area (Å²) < 4.78 is 15.5. The second-order valence-corrected chi connectivity index (χ2v) is 3.05. The van der Waals surface area contributed by atoms with Gasteiger partial charge in [0.05, 0.1) is 26.0 Å². The first-order valence-electron chi connectivity index (χ1n) is 4.60. The van der Waals surface area contributed by atoms with E-state index in [2.05, 4.69) is 9.97 Å². The third kappa shape index (κ3) is 1.86. The third-order valence-corrected chi connectivity index (χ3v) is 2.17. The van der Waals surface area contributed by atoms with Gasteiger partial charge in [0.1, 0.15) is 6.10 Å². The van der Waals surface area contributed by atoms with E-state index in [0.29, 0.717) is 11.9 Å². The molecule has 5 heteroatoms. The Morgan fingerprint density at radius 1 is 1.40 bits per heavy atom. The van der Waals surface area contributed by atoms with Gasteiger partial charge in [0.15, 0.2) is 0 Å². The lowest BCUT2D eigenvalue weighted by molar-refractivity contribution is 0.167. The fourth-order valence-electron chi connectivity index (χ4n) is 1.43. The van der Waals surface area contributed by atoms with Gasteiger partial charge in [-0.05, 0) is 6.08 Å². The van der Waals surface area contributed by atoms with E-state index in [-0.39, 0.29) is 6.10 Å². The van der Waals surface area contributed by atoms with Crippen molar-refractivity contribution in [3.8, 4) is 11.9 Å². The SMILES string of the molecule is COc1ncc(C2CC=CO2)c(OC)n1. The fourth-order valence-corrected chi connectivity index (χ4v) is 1.43. The number of rotatable bonds is 3. The van der Waals surface area contributed by atoms with Crippen LogP contribution in [-0.4, -0.2) is 24.2 Å². The first-order valence-corrected chi connectivity index (χ1v) is 4.60. The van der Waals surface area contributed by atoms with Gasteiger partial charge in [-0.15, -0.1) is 0 Å². The Hall–Kier alpha value is -1.78. The smallest absolute Gasteiger partial charge is 0.319 e. The Morgan fingerprint density at radius 3 is 2.87 bits per heavy atom. The standard InChI is InChI=1S/C10H12N2O3/c1-13-9-7(8-4-3-5-15-8)6-11-10(12-9)14-2/h3,5-6,8H,4H2,1-2H3. The highest BCUT2D eigenvalue weighted by atomic mass is 16.5. The predicted molar refractivity (Wildman–Crippen MR) is 52.7 cm³/mol. The van der Waals surface area contributed by atoms with Crippen molar-refractivity contribution in [2.45, 2.75) is 12.5 Å². The number of nitrogens with zero attached hydrogens (tertiary/aromatic N) is 2. The van der Waals surface area contributed by atoms with Crippen molar-refractivity contribution in [1.29, 1.82) is 0 Å². The van der Waals surface area contributed by atoms with Gasteiger partial charge in [0.2, 0.25) is 5.88 Å². The van der Waals surface area contributed by atoms with Crippen LogP contribution in [0.3, 0.4) is 0 Å². The van der Waals surface area contributed by atoms with Crippen LogP contribution in [0, 0.1) is 0 Å². The van der Waals surface area contributed by atoms with Crippen molar-refractivity contribution in [1.82, 2.24) is 9.97 Å². The van der Waals surface area contributed by atoms with E-state index >= 15 is 0 Å². The van der Waals surface area contributed by atoms with Crippen LogP contribution in [0.1, 0.15) is 18.1 Å². The summed E-state index contributed by atoms with van der Waals surface area (Å²) in [6.07, 6.45) is 6.06. The maximum atomic E-state index is 5.37. The molecule has 1 unspecified atom stereocenters. The second-order valence-electron chi connectivity index (χ2n) is 3.05. The minimum Gasteiger partial charge on any atom is -0.493 e. The van der Waals surface area contributed by atoms with Crippen LogP contribution in [0.2, 0.25) is 0 Å². The maximum Gasteiger partial charge on any atom is 0.319 e. The van der Waals surface area contributed by atoms with Gasteiger partial charge < -0.3 is 14.2 Å². The van der Waals surface area contributed by atoms with E-state index in [4.69, 9.17) is 14.2 Å². The normalized spacial score (nSPS) is 18.7. The van der Waals surface area contributed by atoms with Crippen molar-refractivity contribution in [2.24, 2.45) is 0 Å². The summed E-state index contributed by atoms with van der Waals surface area (Å²) in [4.78, 5) is 8.12. The molecule has 2 rings (SSSR count). The van der Waals surface area contributed by atoms with E-state index in [1.807, 2.05) is 6.08 Å². The molecule has 0 saturated carbocycles. The van der Waals surface area contributed by atoms with Crippen molar-refractivity contribution in [3.63, 3.8) is 0 Å². The molecule has 0 bridgehead atoms. The quantitative estimate of drug-likeness (QED) is 0.752. The molecular weight excluding hydrogens is 196 g/mol. The molecule has 0 spiro atoms. The lowest BCUT2D eigenvalue weighted by Crippen LogP contribution is -2.04. The summed E-state index contributed by atoms with van der Waals surface area (Å²) in [5.74, 6) is 0.496. The molecule has 0 radical (unpaired) electrons. The molecule has 1 aromatic heterocycles. The van der Waals surface area contributed by atoms with Crippen molar-refractivity contribution in [3.05, 3.63) is 24.1 Å². The summed E-state index contributed by atoms with van der Waals surface area (Å²) in [6.45, 7) is 0. The zero-order valence-electron chi connectivity index (χ0n) is 8.64. The molecule has 0 aliphatic carbocycles. The minimum absolute atomic E-state index is 0.0501. The molecule has 1 aromatic rings. The largest absolute Gasteiger partial charge is 0.493 e. The highest BCUT2D eigenvalue weighted by Crippen LogP contribution is 2.32. The molecule has 15 heavy (non-hydrogen) atoms. The summed E-state index contributed by atoms with van der Waals surface area (Å²) in [7, 11) is 3.08. The Balaban J connectivity index is 2.29. The van der Waals surface area contributed by atoms with Crippen LogP contribution in [0.5, 0.6) is 11.9 Å². The van der Waals surface area contributed by atoms with Gasteiger partial charge in [-0.3, -0.25) is 0 Å². The average molecular weight is 208 g/mol. The van der Waals surface area contributed by atoms with Crippen molar-refractivity contribution in [2.75, 3.05) is 14.2 Å². The number of methoxy groups -OCH3 is 2. The second kappa shape index (κ2) is 4.16. The van der Waals surface area contributed by atoms with E-state index in [9.17, 15) is 0 Å². The summed E-state index contributed by atoms with van der Waals surface area (Å²) >= 11 is 0. The van der Waals surface area contributed by atoms with Crippen LogP contribution < -0.4 is 9.47 Å². The van der Waals surface area contributed by atoms with Gasteiger partial charge in [-0.25, -0.2) is 4.98 Å². The highest BCUT2D eigenvalue weighted by Gasteiger charge is 2.20. The predicted octanol–water partition coefficient (Wildman–Crippen LogP) is 1.47. The molecule has 1 atom stereocenters. The lowest BCUT2D eigenvalue weighted by atomic mass is 10.1. The van der Waals surface area contributed by atoms with Gasteiger partial charge in [-0.1, -0.05) is 0 Å². The molecule has 1 aliphatic heterocycles. The van der Waals surface area contributed by atoms with Crippen molar-refractivity contribution < 1.29 is 14.2 Å². The molecule has 0 fully saturated rings. The Bertz CT molecular complexity index is 371. The van der Waals surface area contributed by atoms with Crippen LogP contribution >= 0.6 is 0 Å². The van der Waals surface area contributed by atoms with Gasteiger partial charge >= 0.3 is 6.01 Å². The fraction of sp³-hybridized carbons (Fsp3) is 0.400. The molecule has 0 N–H and O–H groups in total. The molecule has 0 amide bonds. The zero-order chi connectivity index (χ0) is 10.7. The molecular formula is C10H12N2O3. The average Bonchev–Trinajstić information content (AvgIpc) is 2.81. The lowest BCUT2D eigenvalue weighted by Gasteiger charge is -2.13. The molecule has 1 aliphatic rings. The summed E-state index contributed by atoms with van der Waals surface area (Å²) in [5.41, 5.74) is 0.836. The van der Waals surface area contributed by atoms with E-state index < -0.39 is 0 Å². The molecule has 2 heterocycles. The zero-order valence-corrected chi connectivity index (χ0v) is 8.64. The van der Waals surface area contributed by atoms with Crippen LogP contribution in [0.4, 0.5) is 0 Å². The van der Waals surface area contributed by atoms with E-state index in [1.165, 1.54) is 7.11 Å². The monoisotopic (exact) mass is 208 g/mol. The van der Waals surface area contributed by atoms with Gasteiger partial charge in [0.25, 0.3) is 0 Å². The van der Waals surface area contributed by atoms with E-state index in [1.54, 1.807) is 19.6 Å². The number of aromatic nitrogens is 2. The molecule has 80 valence electrons. The summed E-state index contributed by atoms with van der Waals surface area (Å²) in [5, 5.41) is 0. The maximum absolute atomic E-state index is 5.37. The number of hydrogen-bond donors (Lipinski definition) is 0. The van der Waals surface area contributed by atoms with Crippen LogP contribution in [0.15, 0.2) is 18.5 Å². The molecule has 5 nitrogen and oxygen atoms in total. The number of ether oxygens (including phenoxy) is 3. The summed E-state index contributed by atoms with van der Waals surface area (Å²) in [6, 6.07) is 0.293. The van der Waals surface area contributed by atoms with Crippen LogP contribution in [0.25, 0.3) is 0 Å². The molecule has 0 saturated heterocycles. The van der Waals surface area contributed by atoms with Gasteiger partial charge in [-0.2, -0.15) is 4.98 Å². The first kappa shape index (κ1) is 9.76. The molecule has 0 aromatic carbocycles. The topological polar surface area (TPSA) is 53.5 Å². The first-order chi connectivity index (χ1) is 7.35. The van der Waals surface area contributed by atoms with E-state index in [0.717, 1.165) is 12.0 Å². The van der Waals surface area contributed by atoms with Crippen molar-refractivity contribution >= 4 is 0 Å². The Labute approximate surface area is 87.7 Å². The van der Waals surface area contributed by atoms with Gasteiger partial charge in [0, 0.05) is 12.6 Å². The Morgan fingerprint density at radius 2 is 2.27 bits per heavy atom. The third-order valence-electron chi connectivity index (χ3n) is 2.17. The highest BCUT2D eigenvalue weighted by molar-refractivity contribution is 5.29. The minimum atomic E-state index is -0.0501. The number of hydrogen-bond acceptors (Lipinski definition) is 5. The Kier molecular flexibility index (Phi) is 2.71.